The average molecular weight is 463 g/mol. The Morgan fingerprint density at radius 1 is 0.926 bits per heavy atom. The molecule has 0 radical (unpaired) electrons. The van der Waals surface area contributed by atoms with E-state index in [4.69, 9.17) is 18.3 Å². The predicted octanol–water partition coefficient (Wildman–Crippen LogP) is 4.32. The van der Waals surface area contributed by atoms with Gasteiger partial charge in [0.05, 0.1) is 0 Å². The molecule has 0 aromatic carbocycles. The van der Waals surface area contributed by atoms with Crippen LogP contribution < -0.4 is 0 Å². The summed E-state index contributed by atoms with van der Waals surface area (Å²) in [5, 5.41) is 0. The molecule has 0 amide bonds. The van der Waals surface area contributed by atoms with Crippen LogP contribution in [0.5, 0.6) is 0 Å². The second-order valence-electron chi connectivity index (χ2n) is 8.88. The Bertz CT molecular complexity index is 519. The molecule has 0 heterocycles. The molecule has 160 valence electrons. The van der Waals surface area contributed by atoms with Gasteiger partial charge in [0.1, 0.15) is 5.57 Å². The molecular weight excluding hydrogens is 429 g/mol. The summed E-state index contributed by atoms with van der Waals surface area (Å²) in [6.07, 6.45) is -5.23. The van der Waals surface area contributed by atoms with E-state index in [9.17, 15) is 18.0 Å². The maximum Gasteiger partial charge on any atom is 0.388 e. The van der Waals surface area contributed by atoms with Gasteiger partial charge in [-0.15, -0.1) is 0 Å². The van der Waals surface area contributed by atoms with Gasteiger partial charge in [-0.1, -0.05) is 0 Å². The van der Waals surface area contributed by atoms with Gasteiger partial charge in [-0.05, 0) is 64.5 Å². The standard InChI is InChI=1S/C15H33F3O5Si4/c1-25(2,3)21-14(22-26(4,5)6)12(11-24)13(19)20-23-27(7,8)10-9-15(16,17)18/h9-11H2,1-8,24H3. The summed E-state index contributed by atoms with van der Waals surface area (Å²) >= 11 is 0. The molecule has 0 aliphatic carbocycles. The van der Waals surface area contributed by atoms with Crippen LogP contribution in [-0.2, 0) is 23.1 Å². The first kappa shape index (κ1) is 26.4. The lowest BCUT2D eigenvalue weighted by molar-refractivity contribution is -0.216. The van der Waals surface area contributed by atoms with Crippen molar-refractivity contribution in [2.45, 2.75) is 77.1 Å². The largest absolute Gasteiger partial charge is 0.520 e. The number of alkyl halides is 3. The van der Waals surface area contributed by atoms with Crippen molar-refractivity contribution in [1.82, 2.24) is 0 Å². The summed E-state index contributed by atoms with van der Waals surface area (Å²) in [6.45, 7) is 15.0. The van der Waals surface area contributed by atoms with Crippen molar-refractivity contribution >= 4 is 41.2 Å². The van der Waals surface area contributed by atoms with Gasteiger partial charge in [0.2, 0.25) is 25.0 Å². The van der Waals surface area contributed by atoms with Gasteiger partial charge < -0.3 is 13.7 Å². The van der Waals surface area contributed by atoms with Crippen molar-refractivity contribution in [1.29, 1.82) is 0 Å². The van der Waals surface area contributed by atoms with Crippen molar-refractivity contribution in [3.05, 3.63) is 11.5 Å². The fourth-order valence-corrected chi connectivity index (χ4v) is 5.13. The van der Waals surface area contributed by atoms with Crippen LogP contribution in [0.4, 0.5) is 13.2 Å². The summed E-state index contributed by atoms with van der Waals surface area (Å²) in [4.78, 5) is 17.4. The zero-order chi connectivity index (χ0) is 21.7. The van der Waals surface area contributed by atoms with Crippen LogP contribution in [0.2, 0.25) is 64.5 Å². The molecule has 0 atom stereocenters. The van der Waals surface area contributed by atoms with E-state index in [1.165, 1.54) is 0 Å². The molecule has 0 aliphatic heterocycles. The van der Waals surface area contributed by atoms with Crippen molar-refractivity contribution in [2.75, 3.05) is 0 Å². The van der Waals surface area contributed by atoms with Crippen LogP contribution in [0.15, 0.2) is 11.5 Å². The summed E-state index contributed by atoms with van der Waals surface area (Å²) in [5.41, 5.74) is 0.257. The maximum absolute atomic E-state index is 12.5. The lowest BCUT2D eigenvalue weighted by atomic mass is 10.3. The highest BCUT2D eigenvalue weighted by molar-refractivity contribution is 6.71. The highest BCUT2D eigenvalue weighted by Crippen LogP contribution is 2.27. The molecule has 27 heavy (non-hydrogen) atoms. The zero-order valence-corrected chi connectivity index (χ0v) is 22.8. The Morgan fingerprint density at radius 2 is 1.37 bits per heavy atom. The highest BCUT2D eigenvalue weighted by atomic mass is 28.4. The number of halogens is 3. The van der Waals surface area contributed by atoms with Crippen LogP contribution in [-0.4, -0.2) is 47.3 Å². The number of hydrogen-bond acceptors (Lipinski definition) is 5. The van der Waals surface area contributed by atoms with Gasteiger partial charge >= 0.3 is 12.1 Å². The summed E-state index contributed by atoms with van der Waals surface area (Å²) < 4.78 is 54.4. The summed E-state index contributed by atoms with van der Waals surface area (Å²) in [5.74, 6) is -0.559. The quantitative estimate of drug-likeness (QED) is 0.159. The molecule has 0 fully saturated rings. The molecule has 5 nitrogen and oxygen atoms in total. The normalized spacial score (nSPS) is 13.3. The second kappa shape index (κ2) is 9.76. The predicted molar refractivity (Wildman–Crippen MR) is 111 cm³/mol. The molecule has 0 saturated carbocycles. The van der Waals surface area contributed by atoms with Crippen molar-refractivity contribution in [3.8, 4) is 0 Å². The Morgan fingerprint density at radius 3 is 1.70 bits per heavy atom. The van der Waals surface area contributed by atoms with Gasteiger partial charge in [-0.3, -0.25) is 0 Å². The number of rotatable bonds is 10. The molecule has 0 spiro atoms. The molecule has 0 unspecified atom stereocenters. The Balaban J connectivity index is 5.32. The molecule has 0 N–H and O–H groups in total. The Labute approximate surface area is 166 Å². The fraction of sp³-hybridized carbons (Fsp3) is 0.800. The Kier molecular flexibility index (Phi) is 9.55. The smallest absolute Gasteiger partial charge is 0.388 e. The van der Waals surface area contributed by atoms with Crippen molar-refractivity contribution in [3.63, 3.8) is 0 Å². The first-order valence-electron chi connectivity index (χ1n) is 8.93. The minimum Gasteiger partial charge on any atom is -0.520 e. The first-order valence-corrected chi connectivity index (χ1v) is 20.3. The number of carbonyl (C=O) groups is 1. The van der Waals surface area contributed by atoms with E-state index in [-0.39, 0.29) is 17.6 Å². The van der Waals surface area contributed by atoms with Crippen LogP contribution in [0.3, 0.4) is 0 Å². The van der Waals surface area contributed by atoms with Gasteiger partial charge in [-0.25, -0.2) is 9.37 Å². The molecular formula is C15H33F3O5Si4. The molecule has 0 aromatic heterocycles. The van der Waals surface area contributed by atoms with Crippen LogP contribution in [0.25, 0.3) is 0 Å². The lowest BCUT2D eigenvalue weighted by Crippen LogP contribution is -2.35. The zero-order valence-electron chi connectivity index (χ0n) is 17.8. The molecule has 0 aliphatic rings. The van der Waals surface area contributed by atoms with Gasteiger partial charge in [0.15, 0.2) is 0 Å². The molecule has 12 heteroatoms. The van der Waals surface area contributed by atoms with E-state index in [0.29, 0.717) is 16.3 Å². The third-order valence-electron chi connectivity index (χ3n) is 3.00. The van der Waals surface area contributed by atoms with Crippen LogP contribution in [0.1, 0.15) is 6.42 Å². The molecule has 0 saturated heterocycles. The van der Waals surface area contributed by atoms with E-state index in [1.807, 2.05) is 39.3 Å². The molecule has 0 aromatic rings. The van der Waals surface area contributed by atoms with E-state index >= 15 is 0 Å². The number of hydrogen-bond donors (Lipinski definition) is 0. The highest BCUT2D eigenvalue weighted by Gasteiger charge is 2.36. The lowest BCUT2D eigenvalue weighted by Gasteiger charge is -2.29. The van der Waals surface area contributed by atoms with Gasteiger partial charge in [-0.2, -0.15) is 13.2 Å². The Hall–Kier alpha value is -0.572. The second-order valence-corrected chi connectivity index (χ2v) is 22.6. The van der Waals surface area contributed by atoms with Crippen molar-refractivity contribution < 1.29 is 36.3 Å². The summed E-state index contributed by atoms with van der Waals surface area (Å²) in [6, 6.07) is 0.240. The van der Waals surface area contributed by atoms with Crippen LogP contribution >= 0.6 is 0 Å². The van der Waals surface area contributed by atoms with Gasteiger partial charge in [0.25, 0.3) is 5.95 Å². The minimum atomic E-state index is -4.26. The number of carbonyl (C=O) groups excluding carboxylic acids is 1. The van der Waals surface area contributed by atoms with E-state index in [2.05, 4.69) is 0 Å². The van der Waals surface area contributed by atoms with E-state index in [1.54, 1.807) is 13.1 Å². The topological polar surface area (TPSA) is 54.0 Å². The third-order valence-corrected chi connectivity index (χ3v) is 7.29. The monoisotopic (exact) mass is 462 g/mol. The fourth-order valence-electron chi connectivity index (χ4n) is 1.76. The maximum atomic E-state index is 12.5. The molecule has 0 rings (SSSR count). The van der Waals surface area contributed by atoms with Crippen molar-refractivity contribution in [2.24, 2.45) is 0 Å². The summed E-state index contributed by atoms with van der Waals surface area (Å²) in [7, 11) is -6.24. The van der Waals surface area contributed by atoms with Crippen LogP contribution in [0, 0.1) is 0 Å². The van der Waals surface area contributed by atoms with Gasteiger partial charge in [0, 0.05) is 16.7 Å². The average Bonchev–Trinajstić information content (AvgIpc) is 2.40. The SMILES string of the molecule is C[Si](C)(C)OC(O[Si](C)(C)C)=C(C[SiH3])C(=O)OO[Si](C)(C)CCC(F)(F)F. The third kappa shape index (κ3) is 13.3. The first-order chi connectivity index (χ1) is 11.9. The van der Waals surface area contributed by atoms with E-state index < -0.39 is 43.5 Å². The van der Waals surface area contributed by atoms with E-state index in [0.717, 1.165) is 0 Å². The molecule has 0 bridgehead atoms. The minimum absolute atomic E-state index is 0.187.